The topological polar surface area (TPSA) is 32.3 Å². The fraction of sp³-hybridized carbons (Fsp3) is 0.650. The van der Waals surface area contributed by atoms with Crippen molar-refractivity contribution < 1.29 is 4.79 Å². The van der Waals surface area contributed by atoms with Crippen molar-refractivity contribution in [2.45, 2.75) is 37.2 Å². The molecular weight excluding hydrogens is 348 g/mol. The van der Waals surface area contributed by atoms with Gasteiger partial charge in [0.15, 0.2) is 0 Å². The molecule has 138 valence electrons. The molecule has 1 amide bonds. The number of carbonyl (C=O) groups is 1. The minimum absolute atomic E-state index is 0.0579. The van der Waals surface area contributed by atoms with Crippen LogP contribution in [-0.4, -0.2) is 48.5 Å². The maximum absolute atomic E-state index is 12.3. The highest BCUT2D eigenvalue weighted by Gasteiger charge is 2.17. The smallest absolute Gasteiger partial charge is 0.251 e. The summed E-state index contributed by atoms with van der Waals surface area (Å²) in [5.41, 5.74) is 2.12. The van der Waals surface area contributed by atoms with Crippen molar-refractivity contribution in [3.05, 3.63) is 35.4 Å². The Balaban J connectivity index is 1.39. The third kappa shape index (κ3) is 5.93. The molecule has 1 atom stereocenters. The monoisotopic (exact) mass is 378 g/mol. The molecule has 2 heterocycles. The Hall–Kier alpha value is -0.650. The lowest BCUT2D eigenvalue weighted by molar-refractivity contribution is 0.0950. The van der Waals surface area contributed by atoms with Crippen LogP contribution < -0.4 is 5.32 Å². The number of hydrogen-bond donors (Lipinski definition) is 1. The molecule has 25 heavy (non-hydrogen) atoms. The fourth-order valence-electron chi connectivity index (χ4n) is 3.57. The molecule has 1 N–H and O–H groups in total. The second-order valence-electron chi connectivity index (χ2n) is 7.21. The zero-order valence-electron chi connectivity index (χ0n) is 15.2. The number of rotatable bonds is 6. The maximum atomic E-state index is 12.3. The van der Waals surface area contributed by atoms with Gasteiger partial charge in [0.1, 0.15) is 0 Å². The molecule has 0 bridgehead atoms. The van der Waals surface area contributed by atoms with Crippen LogP contribution >= 0.6 is 23.5 Å². The van der Waals surface area contributed by atoms with Crippen molar-refractivity contribution >= 4 is 29.4 Å². The van der Waals surface area contributed by atoms with E-state index in [1.165, 1.54) is 49.4 Å². The number of carbonyl (C=O) groups excluding carboxylic acids is 1. The van der Waals surface area contributed by atoms with E-state index in [2.05, 4.69) is 29.3 Å². The summed E-state index contributed by atoms with van der Waals surface area (Å²) in [6.45, 7) is 6.63. The highest BCUT2D eigenvalue weighted by Crippen LogP contribution is 2.43. The zero-order valence-corrected chi connectivity index (χ0v) is 16.8. The van der Waals surface area contributed by atoms with Gasteiger partial charge in [-0.05, 0) is 73.9 Å². The van der Waals surface area contributed by atoms with Crippen LogP contribution in [-0.2, 0) is 0 Å². The molecule has 2 aliphatic rings. The van der Waals surface area contributed by atoms with Gasteiger partial charge in [-0.1, -0.05) is 19.1 Å². The average molecular weight is 379 g/mol. The quantitative estimate of drug-likeness (QED) is 0.743. The van der Waals surface area contributed by atoms with Gasteiger partial charge in [0, 0.05) is 18.7 Å². The lowest BCUT2D eigenvalue weighted by Crippen LogP contribution is -2.36. The van der Waals surface area contributed by atoms with Gasteiger partial charge in [-0.2, -0.15) is 0 Å². The predicted molar refractivity (Wildman–Crippen MR) is 111 cm³/mol. The van der Waals surface area contributed by atoms with Crippen LogP contribution in [0.25, 0.3) is 0 Å². The van der Waals surface area contributed by atoms with Gasteiger partial charge in [0.25, 0.3) is 5.91 Å². The van der Waals surface area contributed by atoms with Gasteiger partial charge >= 0.3 is 0 Å². The van der Waals surface area contributed by atoms with E-state index in [0.29, 0.717) is 4.58 Å². The van der Waals surface area contributed by atoms with Gasteiger partial charge < -0.3 is 10.2 Å². The van der Waals surface area contributed by atoms with Crippen LogP contribution in [0.3, 0.4) is 0 Å². The Morgan fingerprint density at radius 2 is 1.96 bits per heavy atom. The van der Waals surface area contributed by atoms with Crippen molar-refractivity contribution in [1.29, 1.82) is 0 Å². The van der Waals surface area contributed by atoms with Crippen LogP contribution in [0, 0.1) is 5.92 Å². The molecule has 0 aromatic heterocycles. The summed E-state index contributed by atoms with van der Waals surface area (Å²) in [7, 11) is 0. The number of amides is 1. The minimum Gasteiger partial charge on any atom is -0.352 e. The molecule has 3 nitrogen and oxygen atoms in total. The third-order valence-electron chi connectivity index (χ3n) is 4.95. The Morgan fingerprint density at radius 3 is 2.68 bits per heavy atom. The molecule has 0 aliphatic carbocycles. The van der Waals surface area contributed by atoms with E-state index in [-0.39, 0.29) is 5.91 Å². The molecule has 5 heteroatoms. The lowest BCUT2D eigenvalue weighted by atomic mass is 10.0. The summed E-state index contributed by atoms with van der Waals surface area (Å²) >= 11 is 4.04. The molecule has 2 fully saturated rings. The first-order valence-corrected chi connectivity index (χ1v) is 11.7. The van der Waals surface area contributed by atoms with Gasteiger partial charge in [-0.3, -0.25) is 4.79 Å². The van der Waals surface area contributed by atoms with Crippen molar-refractivity contribution in [3.8, 4) is 0 Å². The average Bonchev–Trinajstić information content (AvgIpc) is 2.66. The van der Waals surface area contributed by atoms with Crippen molar-refractivity contribution in [3.63, 3.8) is 0 Å². The molecule has 1 aromatic rings. The van der Waals surface area contributed by atoms with Crippen molar-refractivity contribution in [2.75, 3.05) is 37.7 Å². The number of nitrogens with zero attached hydrogens (tertiary/aromatic N) is 1. The molecule has 0 spiro atoms. The first-order chi connectivity index (χ1) is 12.2. The van der Waals surface area contributed by atoms with Gasteiger partial charge in [0.2, 0.25) is 0 Å². The minimum atomic E-state index is 0.0579. The molecule has 1 unspecified atom stereocenters. The summed E-state index contributed by atoms with van der Waals surface area (Å²) < 4.78 is 0.540. The summed E-state index contributed by atoms with van der Waals surface area (Å²) in [6.07, 6.45) is 5.02. The number of hydrogen-bond acceptors (Lipinski definition) is 4. The van der Waals surface area contributed by atoms with E-state index in [0.717, 1.165) is 31.0 Å². The number of benzene rings is 1. The van der Waals surface area contributed by atoms with Crippen LogP contribution in [0.1, 0.15) is 53.1 Å². The first kappa shape index (κ1) is 19.1. The SMILES string of the molecule is CC1CCCN(CCCNC(=O)c2ccc(C3SCCCS3)cc2)C1. The summed E-state index contributed by atoms with van der Waals surface area (Å²) in [5, 5.41) is 3.07. The second-order valence-corrected chi connectivity index (χ2v) is 9.93. The highest BCUT2D eigenvalue weighted by molar-refractivity contribution is 8.16. The van der Waals surface area contributed by atoms with Crippen molar-refractivity contribution in [2.24, 2.45) is 5.92 Å². The summed E-state index contributed by atoms with van der Waals surface area (Å²) in [5.74, 6) is 3.37. The molecule has 1 aromatic carbocycles. The Labute approximate surface area is 160 Å². The van der Waals surface area contributed by atoms with E-state index in [1.807, 2.05) is 35.7 Å². The second kappa shape index (κ2) is 9.89. The first-order valence-electron chi connectivity index (χ1n) is 9.56. The van der Waals surface area contributed by atoms with Gasteiger partial charge in [-0.15, -0.1) is 23.5 Å². The van der Waals surface area contributed by atoms with Gasteiger partial charge in [0.05, 0.1) is 4.58 Å². The van der Waals surface area contributed by atoms with E-state index < -0.39 is 0 Å². The molecule has 0 saturated carbocycles. The molecule has 2 aliphatic heterocycles. The fourth-order valence-corrected chi connectivity index (χ4v) is 6.46. The Morgan fingerprint density at radius 1 is 1.20 bits per heavy atom. The van der Waals surface area contributed by atoms with Crippen LogP contribution in [0.4, 0.5) is 0 Å². The third-order valence-corrected chi connectivity index (χ3v) is 7.97. The lowest BCUT2D eigenvalue weighted by Gasteiger charge is -2.30. The van der Waals surface area contributed by atoms with Crippen LogP contribution in [0.15, 0.2) is 24.3 Å². The number of likely N-dealkylation sites (tertiary alicyclic amines) is 1. The van der Waals surface area contributed by atoms with E-state index in [1.54, 1.807) is 0 Å². The standard InChI is InChI=1S/C20H30N2OS2/c1-16-5-2-11-22(15-16)12-3-10-21-19(23)17-6-8-18(9-7-17)20-24-13-4-14-25-20/h6-9,16,20H,2-5,10-15H2,1H3,(H,21,23). The number of nitrogens with one attached hydrogen (secondary N) is 1. The number of thioether (sulfide) groups is 2. The Kier molecular flexibility index (Phi) is 7.56. The zero-order chi connectivity index (χ0) is 17.5. The predicted octanol–water partition coefficient (Wildman–Crippen LogP) is 4.41. The van der Waals surface area contributed by atoms with Crippen LogP contribution in [0.2, 0.25) is 0 Å². The normalized spacial score (nSPS) is 22.7. The molecule has 0 radical (unpaired) electrons. The van der Waals surface area contributed by atoms with E-state index in [4.69, 9.17) is 0 Å². The molecule has 2 saturated heterocycles. The largest absolute Gasteiger partial charge is 0.352 e. The summed E-state index contributed by atoms with van der Waals surface area (Å²) in [6, 6.07) is 8.21. The van der Waals surface area contributed by atoms with Crippen LogP contribution in [0.5, 0.6) is 0 Å². The van der Waals surface area contributed by atoms with E-state index in [9.17, 15) is 4.79 Å². The summed E-state index contributed by atoms with van der Waals surface area (Å²) in [4.78, 5) is 14.8. The Bertz CT molecular complexity index is 543. The molecular formula is C20H30N2OS2. The van der Waals surface area contributed by atoms with Crippen molar-refractivity contribution in [1.82, 2.24) is 10.2 Å². The maximum Gasteiger partial charge on any atom is 0.251 e. The molecule has 3 rings (SSSR count). The highest BCUT2D eigenvalue weighted by atomic mass is 32.2. The van der Waals surface area contributed by atoms with E-state index >= 15 is 0 Å². The number of piperidine rings is 1. The van der Waals surface area contributed by atoms with Gasteiger partial charge in [-0.25, -0.2) is 0 Å².